The summed E-state index contributed by atoms with van der Waals surface area (Å²) in [6.07, 6.45) is 2.89. The van der Waals surface area contributed by atoms with E-state index in [1.165, 1.54) is 0 Å². The fourth-order valence-electron chi connectivity index (χ4n) is 4.22. The van der Waals surface area contributed by atoms with Crippen LogP contribution in [0.5, 0.6) is 0 Å². The van der Waals surface area contributed by atoms with Gasteiger partial charge in [-0.25, -0.2) is 4.79 Å². The Kier molecular flexibility index (Phi) is 9.92. The molecule has 1 heterocycles. The molecule has 11 nitrogen and oxygen atoms in total. The number of ether oxygens (including phenoxy) is 1. The molecule has 2 aliphatic rings. The first kappa shape index (κ1) is 27.3. The van der Waals surface area contributed by atoms with Crippen LogP contribution in [0.2, 0.25) is 0 Å². The van der Waals surface area contributed by atoms with E-state index in [4.69, 9.17) is 4.74 Å². The Morgan fingerprint density at radius 2 is 1.94 bits per heavy atom. The fourth-order valence-corrected chi connectivity index (χ4v) is 4.82. The van der Waals surface area contributed by atoms with Crippen molar-refractivity contribution in [2.45, 2.75) is 76.8 Å². The topological polar surface area (TPSA) is 171 Å². The maximum Gasteiger partial charge on any atom is 0.407 e. The van der Waals surface area contributed by atoms with Crippen molar-refractivity contribution in [3.63, 3.8) is 0 Å². The largest absolute Gasteiger partial charge is 0.449 e. The number of aliphatic hydroxyl groups excluding tert-OH is 1. The smallest absolute Gasteiger partial charge is 0.407 e. The number of nitrogens with one attached hydrogen (secondary N) is 3. The van der Waals surface area contributed by atoms with Crippen LogP contribution in [0.25, 0.3) is 0 Å². The summed E-state index contributed by atoms with van der Waals surface area (Å²) in [6.45, 7) is 6.47. The van der Waals surface area contributed by atoms with E-state index in [0.717, 1.165) is 19.3 Å². The highest BCUT2D eigenvalue weighted by molar-refractivity contribution is 7.86. The highest BCUT2D eigenvalue weighted by Gasteiger charge is 2.39. The number of aliphatic hydroxyl groups is 1. The molecule has 2 rings (SSSR count). The summed E-state index contributed by atoms with van der Waals surface area (Å²) < 4.78 is 37.6. The maximum absolute atomic E-state index is 12.9. The summed E-state index contributed by atoms with van der Waals surface area (Å²) in [5, 5.41) is 17.6. The number of carbonyl (C=O) groups excluding carboxylic acids is 3. The van der Waals surface area contributed by atoms with Crippen molar-refractivity contribution >= 4 is 28.0 Å². The highest BCUT2D eigenvalue weighted by atomic mass is 32.2. The Hall–Kier alpha value is -1.92. The molecule has 0 aromatic carbocycles. The van der Waals surface area contributed by atoms with Crippen LogP contribution in [0, 0.1) is 23.7 Å². The van der Waals surface area contributed by atoms with E-state index in [2.05, 4.69) is 22.9 Å². The minimum atomic E-state index is -4.90. The number of alkyl carbamates (subject to hydrolysis) is 1. The lowest BCUT2D eigenvalue weighted by molar-refractivity contribution is -0.126. The van der Waals surface area contributed by atoms with E-state index in [0.29, 0.717) is 24.8 Å². The molecule has 0 spiro atoms. The lowest BCUT2D eigenvalue weighted by Crippen LogP contribution is -2.55. The molecule has 1 saturated heterocycles. The zero-order chi connectivity index (χ0) is 24.8. The molecule has 6 atom stereocenters. The van der Waals surface area contributed by atoms with Gasteiger partial charge in [0.1, 0.15) is 6.04 Å². The van der Waals surface area contributed by atoms with Crippen molar-refractivity contribution in [1.82, 2.24) is 16.0 Å². The van der Waals surface area contributed by atoms with Crippen molar-refractivity contribution in [1.29, 1.82) is 0 Å². The van der Waals surface area contributed by atoms with Crippen LogP contribution in [0.3, 0.4) is 0 Å². The van der Waals surface area contributed by atoms with E-state index in [1.807, 2.05) is 13.8 Å². The molecule has 3 amide bonds. The zero-order valence-electron chi connectivity index (χ0n) is 19.5. The molecule has 190 valence electrons. The van der Waals surface area contributed by atoms with Crippen LogP contribution in [0.4, 0.5) is 4.79 Å². The van der Waals surface area contributed by atoms with E-state index in [9.17, 15) is 32.5 Å². The maximum atomic E-state index is 12.9. The molecule has 2 fully saturated rings. The average Bonchev–Trinajstić information content (AvgIpc) is 3.34. The van der Waals surface area contributed by atoms with Gasteiger partial charge in [-0.05, 0) is 43.4 Å². The zero-order valence-corrected chi connectivity index (χ0v) is 20.3. The van der Waals surface area contributed by atoms with E-state index in [-0.39, 0.29) is 31.3 Å². The molecule has 5 N–H and O–H groups in total. The molecule has 12 heteroatoms. The van der Waals surface area contributed by atoms with Crippen molar-refractivity contribution in [2.75, 3.05) is 13.2 Å². The van der Waals surface area contributed by atoms with Gasteiger partial charge in [-0.2, -0.15) is 8.42 Å². The summed E-state index contributed by atoms with van der Waals surface area (Å²) in [5.41, 5.74) is -2.31. The Labute approximate surface area is 195 Å². The lowest BCUT2D eigenvalue weighted by Gasteiger charge is -2.27. The first-order chi connectivity index (χ1) is 15.4. The molecular weight excluding hydrogens is 454 g/mol. The first-order valence-corrected chi connectivity index (χ1v) is 13.1. The van der Waals surface area contributed by atoms with Crippen LogP contribution in [-0.4, -0.2) is 66.7 Å². The van der Waals surface area contributed by atoms with Crippen molar-refractivity contribution < 1.29 is 37.2 Å². The van der Waals surface area contributed by atoms with E-state index >= 15 is 0 Å². The summed E-state index contributed by atoms with van der Waals surface area (Å²) >= 11 is 0. The Bertz CT molecular complexity index is 803. The van der Waals surface area contributed by atoms with Crippen LogP contribution < -0.4 is 16.0 Å². The molecular formula is C21H37N3O8S. The van der Waals surface area contributed by atoms with Gasteiger partial charge in [0.05, 0.1) is 12.6 Å². The molecule has 1 saturated carbocycles. The predicted molar refractivity (Wildman–Crippen MR) is 119 cm³/mol. The number of rotatable bonds is 13. The quantitative estimate of drug-likeness (QED) is 0.235. The van der Waals surface area contributed by atoms with Crippen molar-refractivity contribution in [2.24, 2.45) is 23.7 Å². The summed E-state index contributed by atoms with van der Waals surface area (Å²) in [7, 11) is -4.90. The minimum absolute atomic E-state index is 0.00368. The summed E-state index contributed by atoms with van der Waals surface area (Å²) in [5.74, 6) is -0.777. The summed E-state index contributed by atoms with van der Waals surface area (Å²) in [6, 6.07) is -2.48. The lowest BCUT2D eigenvalue weighted by atomic mass is 9.97. The normalized spacial score (nSPS) is 25.2. The third-order valence-electron chi connectivity index (χ3n) is 6.15. The highest BCUT2D eigenvalue weighted by Crippen LogP contribution is 2.42. The Morgan fingerprint density at radius 1 is 1.24 bits per heavy atom. The van der Waals surface area contributed by atoms with Gasteiger partial charge in [0, 0.05) is 12.5 Å². The third kappa shape index (κ3) is 8.74. The monoisotopic (exact) mass is 491 g/mol. The molecule has 0 radical (unpaired) electrons. The molecule has 1 aliphatic carbocycles. The van der Waals surface area contributed by atoms with Gasteiger partial charge in [-0.1, -0.05) is 33.6 Å². The van der Waals surface area contributed by atoms with Crippen LogP contribution >= 0.6 is 0 Å². The number of hydrogen-bond donors (Lipinski definition) is 5. The van der Waals surface area contributed by atoms with Gasteiger partial charge in [-0.15, -0.1) is 0 Å². The number of amides is 3. The van der Waals surface area contributed by atoms with Gasteiger partial charge in [0.25, 0.3) is 10.1 Å². The van der Waals surface area contributed by atoms with Gasteiger partial charge in [0.15, 0.2) is 0 Å². The second kappa shape index (κ2) is 12.0. The van der Waals surface area contributed by atoms with E-state index in [1.54, 1.807) is 0 Å². The number of hydrogen-bond acceptors (Lipinski definition) is 7. The standard InChI is InChI=1S/C21H37N3O8S/c1-4-5-13-9-15(13)11-32-21(28)24-16(8-12(2)3)19(26)23-17(20(27)33(29,30)31)10-14-6-7-22-18(14)25/h12-17,20,27H,4-11H2,1-3H3,(H,22,25)(H,23,26)(H,24,28)(H,29,30,31)/t13-,14-,15-,16-,17-,20-/m0/s1. The molecule has 0 aromatic rings. The minimum Gasteiger partial charge on any atom is -0.449 e. The van der Waals surface area contributed by atoms with Gasteiger partial charge in [0.2, 0.25) is 17.3 Å². The molecule has 0 aromatic heterocycles. The second-order valence-corrected chi connectivity index (χ2v) is 11.0. The van der Waals surface area contributed by atoms with Crippen LogP contribution in [0.1, 0.15) is 59.3 Å². The van der Waals surface area contributed by atoms with Crippen molar-refractivity contribution in [3.05, 3.63) is 0 Å². The molecule has 33 heavy (non-hydrogen) atoms. The van der Waals surface area contributed by atoms with Crippen LogP contribution in [0.15, 0.2) is 0 Å². The van der Waals surface area contributed by atoms with Gasteiger partial charge in [-0.3, -0.25) is 14.1 Å². The Balaban J connectivity index is 2.01. The summed E-state index contributed by atoms with van der Waals surface area (Å²) in [4.78, 5) is 37.1. The van der Waals surface area contributed by atoms with Gasteiger partial charge < -0.3 is 25.8 Å². The van der Waals surface area contributed by atoms with Crippen molar-refractivity contribution in [3.8, 4) is 0 Å². The van der Waals surface area contributed by atoms with Crippen LogP contribution in [-0.2, 0) is 24.4 Å². The average molecular weight is 492 g/mol. The number of carbonyl (C=O) groups is 3. The van der Waals surface area contributed by atoms with Gasteiger partial charge >= 0.3 is 6.09 Å². The fraction of sp³-hybridized carbons (Fsp3) is 0.857. The first-order valence-electron chi connectivity index (χ1n) is 11.6. The second-order valence-electron chi connectivity index (χ2n) is 9.50. The Morgan fingerprint density at radius 3 is 2.48 bits per heavy atom. The SMILES string of the molecule is CCC[C@H]1C[C@H]1COC(=O)N[C@@H](CC(C)C)C(=O)N[C@@H](C[C@@H]1CCNC1=O)[C@@H](O)S(=O)(=O)O. The molecule has 1 aliphatic heterocycles. The predicted octanol–water partition coefficient (Wildman–Crippen LogP) is 0.781. The molecule has 0 bridgehead atoms. The van der Waals surface area contributed by atoms with E-state index < -0.39 is 45.6 Å². The molecule has 0 unspecified atom stereocenters. The third-order valence-corrected chi connectivity index (χ3v) is 7.09.